The van der Waals surface area contributed by atoms with Crippen LogP contribution in [0, 0.1) is 0 Å². The minimum atomic E-state index is -0.581. The molecule has 4 heteroatoms. The SMILES string of the molecule is O=C(OCCCl)OC1CCCC1. The van der Waals surface area contributed by atoms with Crippen LogP contribution in [0.5, 0.6) is 0 Å². The summed E-state index contributed by atoms with van der Waals surface area (Å²) >= 11 is 5.33. The molecule has 0 radical (unpaired) electrons. The van der Waals surface area contributed by atoms with Crippen LogP contribution in [0.3, 0.4) is 0 Å². The maximum absolute atomic E-state index is 10.9. The van der Waals surface area contributed by atoms with Gasteiger partial charge in [0.15, 0.2) is 0 Å². The van der Waals surface area contributed by atoms with Gasteiger partial charge in [-0.25, -0.2) is 4.79 Å². The van der Waals surface area contributed by atoms with Crippen molar-refractivity contribution >= 4 is 17.8 Å². The van der Waals surface area contributed by atoms with Crippen LogP contribution in [-0.4, -0.2) is 24.7 Å². The Morgan fingerprint density at radius 3 is 2.67 bits per heavy atom. The summed E-state index contributed by atoms with van der Waals surface area (Å²) in [6.45, 7) is 0.229. The zero-order valence-corrected chi connectivity index (χ0v) is 7.68. The minimum Gasteiger partial charge on any atom is -0.433 e. The van der Waals surface area contributed by atoms with Crippen LogP contribution in [0.1, 0.15) is 25.7 Å². The van der Waals surface area contributed by atoms with Crippen LogP contribution < -0.4 is 0 Å². The number of hydrogen-bond donors (Lipinski definition) is 0. The largest absolute Gasteiger partial charge is 0.508 e. The number of alkyl halides is 1. The molecule has 0 N–H and O–H groups in total. The molecule has 1 saturated carbocycles. The molecule has 1 aliphatic rings. The lowest BCUT2D eigenvalue weighted by Gasteiger charge is -2.10. The second-order valence-corrected chi connectivity index (χ2v) is 3.19. The smallest absolute Gasteiger partial charge is 0.433 e. The number of carbonyl (C=O) groups excluding carboxylic acids is 1. The van der Waals surface area contributed by atoms with Crippen LogP contribution in [0.2, 0.25) is 0 Å². The van der Waals surface area contributed by atoms with Gasteiger partial charge in [-0.3, -0.25) is 0 Å². The van der Waals surface area contributed by atoms with Gasteiger partial charge in [0, 0.05) is 0 Å². The first-order valence-electron chi connectivity index (χ1n) is 4.22. The molecule has 70 valence electrons. The lowest BCUT2D eigenvalue weighted by Crippen LogP contribution is -2.16. The van der Waals surface area contributed by atoms with Gasteiger partial charge in [0.25, 0.3) is 0 Å². The van der Waals surface area contributed by atoms with Crippen molar-refractivity contribution in [2.75, 3.05) is 12.5 Å². The lowest BCUT2D eigenvalue weighted by molar-refractivity contribution is 0.0291. The predicted octanol–water partition coefficient (Wildman–Crippen LogP) is 2.32. The van der Waals surface area contributed by atoms with Crippen LogP contribution in [0.4, 0.5) is 4.79 Å². The van der Waals surface area contributed by atoms with E-state index < -0.39 is 6.16 Å². The van der Waals surface area contributed by atoms with E-state index in [1.807, 2.05) is 0 Å². The lowest BCUT2D eigenvalue weighted by atomic mass is 10.3. The Labute approximate surface area is 77.0 Å². The summed E-state index contributed by atoms with van der Waals surface area (Å²) in [6.07, 6.45) is 3.72. The molecule has 0 atom stereocenters. The Hall–Kier alpha value is -0.440. The van der Waals surface area contributed by atoms with Gasteiger partial charge in [-0.15, -0.1) is 11.6 Å². The summed E-state index contributed by atoms with van der Waals surface area (Å²) in [5.74, 6) is 0.319. The number of halogens is 1. The van der Waals surface area contributed by atoms with Crippen LogP contribution in [-0.2, 0) is 9.47 Å². The Morgan fingerprint density at radius 1 is 1.42 bits per heavy atom. The predicted molar refractivity (Wildman–Crippen MR) is 45.4 cm³/mol. The quantitative estimate of drug-likeness (QED) is 0.509. The van der Waals surface area contributed by atoms with E-state index in [4.69, 9.17) is 16.3 Å². The van der Waals surface area contributed by atoms with E-state index in [0.717, 1.165) is 25.7 Å². The van der Waals surface area contributed by atoms with Crippen molar-refractivity contribution < 1.29 is 14.3 Å². The molecule has 0 aromatic heterocycles. The normalized spacial score (nSPS) is 17.8. The molecule has 0 unspecified atom stereocenters. The molecule has 3 nitrogen and oxygen atoms in total. The third-order valence-corrected chi connectivity index (χ3v) is 2.02. The summed E-state index contributed by atoms with van der Waals surface area (Å²) in [6, 6.07) is 0. The third kappa shape index (κ3) is 3.30. The van der Waals surface area contributed by atoms with Crippen molar-refractivity contribution in [1.82, 2.24) is 0 Å². The van der Waals surface area contributed by atoms with Gasteiger partial charge in [-0.05, 0) is 25.7 Å². The van der Waals surface area contributed by atoms with Gasteiger partial charge in [0.1, 0.15) is 12.7 Å². The zero-order chi connectivity index (χ0) is 8.81. The van der Waals surface area contributed by atoms with Gasteiger partial charge >= 0.3 is 6.16 Å². The van der Waals surface area contributed by atoms with Gasteiger partial charge in [0.2, 0.25) is 0 Å². The van der Waals surface area contributed by atoms with Crippen LogP contribution in [0.25, 0.3) is 0 Å². The first-order valence-corrected chi connectivity index (χ1v) is 4.76. The summed E-state index contributed by atoms with van der Waals surface area (Å²) in [5.41, 5.74) is 0. The second-order valence-electron chi connectivity index (χ2n) is 2.81. The molecule has 1 fully saturated rings. The minimum absolute atomic E-state index is 0.0767. The summed E-state index contributed by atoms with van der Waals surface area (Å²) in [5, 5.41) is 0. The molecule has 0 saturated heterocycles. The molecule has 0 bridgehead atoms. The first kappa shape index (κ1) is 9.65. The number of ether oxygens (including phenoxy) is 2. The average molecular weight is 193 g/mol. The van der Waals surface area contributed by atoms with Crippen molar-refractivity contribution in [1.29, 1.82) is 0 Å². The maximum Gasteiger partial charge on any atom is 0.508 e. The highest BCUT2D eigenvalue weighted by atomic mass is 35.5. The number of rotatable bonds is 3. The third-order valence-electron chi connectivity index (χ3n) is 1.86. The van der Waals surface area contributed by atoms with Crippen molar-refractivity contribution in [3.63, 3.8) is 0 Å². The van der Waals surface area contributed by atoms with E-state index in [1.165, 1.54) is 0 Å². The van der Waals surface area contributed by atoms with Gasteiger partial charge in [-0.2, -0.15) is 0 Å². The van der Waals surface area contributed by atoms with E-state index in [1.54, 1.807) is 0 Å². The topological polar surface area (TPSA) is 35.5 Å². The van der Waals surface area contributed by atoms with E-state index in [-0.39, 0.29) is 12.7 Å². The molecule has 0 aromatic carbocycles. The Balaban J connectivity index is 2.08. The average Bonchev–Trinajstić information content (AvgIpc) is 2.53. The number of carbonyl (C=O) groups is 1. The fraction of sp³-hybridized carbons (Fsp3) is 0.875. The van der Waals surface area contributed by atoms with Gasteiger partial charge < -0.3 is 9.47 Å². The van der Waals surface area contributed by atoms with Gasteiger partial charge in [0.05, 0.1) is 5.88 Å². The zero-order valence-electron chi connectivity index (χ0n) is 6.92. The molecule has 0 aliphatic heterocycles. The summed E-state index contributed by atoms with van der Waals surface area (Å²) < 4.78 is 9.65. The molecule has 12 heavy (non-hydrogen) atoms. The highest BCUT2D eigenvalue weighted by Gasteiger charge is 2.19. The standard InChI is InChI=1S/C8H13ClO3/c9-5-6-11-8(10)12-7-3-1-2-4-7/h7H,1-6H2. The fourth-order valence-corrected chi connectivity index (χ4v) is 1.38. The van der Waals surface area contributed by atoms with Gasteiger partial charge in [-0.1, -0.05) is 0 Å². The molecular weight excluding hydrogens is 180 g/mol. The Morgan fingerprint density at radius 2 is 2.08 bits per heavy atom. The Bertz CT molecular complexity index is 143. The highest BCUT2D eigenvalue weighted by Crippen LogP contribution is 2.21. The first-order chi connectivity index (χ1) is 5.83. The van der Waals surface area contributed by atoms with Crippen molar-refractivity contribution in [2.24, 2.45) is 0 Å². The summed E-state index contributed by atoms with van der Waals surface area (Å²) in [4.78, 5) is 10.9. The second kappa shape index (κ2) is 5.25. The molecule has 1 rings (SSSR count). The van der Waals surface area contributed by atoms with E-state index in [0.29, 0.717) is 5.88 Å². The fourth-order valence-electron chi connectivity index (χ4n) is 1.30. The van der Waals surface area contributed by atoms with Crippen molar-refractivity contribution in [2.45, 2.75) is 31.8 Å². The maximum atomic E-state index is 10.9. The molecule has 0 aromatic rings. The van der Waals surface area contributed by atoms with E-state index >= 15 is 0 Å². The molecule has 1 aliphatic carbocycles. The molecule has 0 amide bonds. The van der Waals surface area contributed by atoms with Crippen molar-refractivity contribution in [3.8, 4) is 0 Å². The number of hydrogen-bond acceptors (Lipinski definition) is 3. The summed E-state index contributed by atoms with van der Waals surface area (Å²) in [7, 11) is 0. The molecule has 0 spiro atoms. The van der Waals surface area contributed by atoms with Crippen LogP contribution >= 0.6 is 11.6 Å². The van der Waals surface area contributed by atoms with E-state index in [9.17, 15) is 4.79 Å². The molecular formula is C8H13ClO3. The highest BCUT2D eigenvalue weighted by molar-refractivity contribution is 6.18. The monoisotopic (exact) mass is 192 g/mol. The van der Waals surface area contributed by atoms with Crippen LogP contribution in [0.15, 0.2) is 0 Å². The molecule has 0 heterocycles. The van der Waals surface area contributed by atoms with E-state index in [2.05, 4.69) is 4.74 Å². The van der Waals surface area contributed by atoms with Crippen molar-refractivity contribution in [3.05, 3.63) is 0 Å². The Kier molecular flexibility index (Phi) is 4.22.